The minimum absolute atomic E-state index is 0.260. The normalized spacial score (nSPS) is 17.9. The lowest BCUT2D eigenvalue weighted by atomic mass is 10.1. The first kappa shape index (κ1) is 24.3. The Morgan fingerprint density at radius 1 is 1.17 bits per heavy atom. The molecule has 1 saturated heterocycles. The number of carbonyl (C=O) groups excluding carboxylic acids is 4. The number of amides is 4. The van der Waals surface area contributed by atoms with Gasteiger partial charge in [-0.3, -0.25) is 19.2 Å². The molecule has 1 aliphatic rings. The first-order valence-corrected chi connectivity index (χ1v) is 9.74. The Labute approximate surface area is 169 Å². The Hall–Kier alpha value is -2.69. The van der Waals surface area contributed by atoms with Gasteiger partial charge in [-0.25, -0.2) is 4.79 Å². The molecule has 11 heteroatoms. The molecule has 6 N–H and O–H groups in total. The molecule has 0 aromatic carbocycles. The number of nitrogens with two attached hydrogens (primary N) is 1. The smallest absolute Gasteiger partial charge is 0.326 e. The second kappa shape index (κ2) is 12.0. The molecule has 1 rings (SSSR count). The predicted molar refractivity (Wildman–Crippen MR) is 103 cm³/mol. The topological polar surface area (TPSA) is 171 Å². The van der Waals surface area contributed by atoms with Gasteiger partial charge in [0.1, 0.15) is 18.1 Å². The molecule has 29 heavy (non-hydrogen) atoms. The van der Waals surface area contributed by atoms with E-state index in [0.717, 1.165) is 0 Å². The number of rotatable bonds is 11. The van der Waals surface area contributed by atoms with Crippen molar-refractivity contribution in [3.05, 3.63) is 0 Å². The lowest BCUT2D eigenvalue weighted by Gasteiger charge is -2.26. The maximum absolute atomic E-state index is 12.5. The van der Waals surface area contributed by atoms with E-state index in [-0.39, 0.29) is 18.9 Å². The van der Waals surface area contributed by atoms with Crippen molar-refractivity contribution < 1.29 is 29.1 Å². The Morgan fingerprint density at radius 2 is 1.86 bits per heavy atom. The average molecular weight is 413 g/mol. The van der Waals surface area contributed by atoms with Gasteiger partial charge in [-0.2, -0.15) is 0 Å². The number of carboxylic acid groups (broad SMARTS) is 1. The van der Waals surface area contributed by atoms with Crippen LogP contribution in [0.5, 0.6) is 0 Å². The quantitative estimate of drug-likeness (QED) is 0.252. The summed E-state index contributed by atoms with van der Waals surface area (Å²) in [5, 5.41) is 16.6. The summed E-state index contributed by atoms with van der Waals surface area (Å²) in [7, 11) is 0. The fourth-order valence-corrected chi connectivity index (χ4v) is 3.14. The van der Waals surface area contributed by atoms with Crippen LogP contribution in [0.25, 0.3) is 0 Å². The molecular weight excluding hydrogens is 382 g/mol. The van der Waals surface area contributed by atoms with Crippen molar-refractivity contribution in [2.45, 2.75) is 64.1 Å². The molecule has 0 spiro atoms. The Kier molecular flexibility index (Phi) is 10.1. The summed E-state index contributed by atoms with van der Waals surface area (Å²) in [5.74, 6) is -2.98. The van der Waals surface area contributed by atoms with Gasteiger partial charge in [-0.15, -0.1) is 0 Å². The summed E-state index contributed by atoms with van der Waals surface area (Å²) < 4.78 is 0. The van der Waals surface area contributed by atoms with E-state index >= 15 is 0 Å². The third-order valence-corrected chi connectivity index (χ3v) is 4.66. The number of carboxylic acids is 1. The summed E-state index contributed by atoms with van der Waals surface area (Å²) in [6.45, 7) is 3.24. The van der Waals surface area contributed by atoms with Crippen molar-refractivity contribution in [2.75, 3.05) is 19.6 Å². The Morgan fingerprint density at radius 3 is 2.45 bits per heavy atom. The lowest BCUT2D eigenvalue weighted by molar-refractivity contribution is -0.144. The van der Waals surface area contributed by atoms with Crippen LogP contribution in [-0.2, 0) is 24.0 Å². The number of aliphatic carboxylic acids is 1. The summed E-state index contributed by atoms with van der Waals surface area (Å²) in [5.41, 5.74) is 5.41. The molecule has 0 aromatic rings. The van der Waals surface area contributed by atoms with Gasteiger partial charge in [-0.1, -0.05) is 0 Å². The van der Waals surface area contributed by atoms with Crippen LogP contribution in [0.2, 0.25) is 0 Å². The molecule has 1 heterocycles. The Bertz CT molecular complexity index is 626. The summed E-state index contributed by atoms with van der Waals surface area (Å²) in [4.78, 5) is 60.6. The maximum atomic E-state index is 12.5. The highest BCUT2D eigenvalue weighted by Crippen LogP contribution is 2.18. The van der Waals surface area contributed by atoms with E-state index in [2.05, 4.69) is 16.0 Å². The van der Waals surface area contributed by atoms with Crippen LogP contribution >= 0.6 is 0 Å². The molecule has 4 amide bonds. The van der Waals surface area contributed by atoms with E-state index in [4.69, 9.17) is 5.73 Å². The zero-order valence-electron chi connectivity index (χ0n) is 16.9. The Balaban J connectivity index is 2.60. The fourth-order valence-electron chi connectivity index (χ4n) is 3.14. The van der Waals surface area contributed by atoms with E-state index in [1.54, 1.807) is 0 Å². The second-order valence-corrected chi connectivity index (χ2v) is 7.07. The SMILES string of the molecule is CC(=O)N[C@@H](C)C(=O)NCC(=O)N1CCC[C@H]1C(=O)N[C@@H](CCCCN)C(=O)O. The molecule has 1 fully saturated rings. The van der Waals surface area contributed by atoms with Gasteiger partial charge in [0.25, 0.3) is 0 Å². The third kappa shape index (κ3) is 8.06. The molecular formula is C18H31N5O6. The summed E-state index contributed by atoms with van der Waals surface area (Å²) >= 11 is 0. The van der Waals surface area contributed by atoms with Gasteiger partial charge < -0.3 is 31.7 Å². The van der Waals surface area contributed by atoms with Crippen molar-refractivity contribution in [3.8, 4) is 0 Å². The van der Waals surface area contributed by atoms with Gasteiger partial charge in [-0.05, 0) is 45.6 Å². The largest absolute Gasteiger partial charge is 0.480 e. The molecule has 0 aromatic heterocycles. The minimum atomic E-state index is -1.13. The van der Waals surface area contributed by atoms with E-state index < -0.39 is 41.8 Å². The zero-order chi connectivity index (χ0) is 22.0. The highest BCUT2D eigenvalue weighted by atomic mass is 16.4. The second-order valence-electron chi connectivity index (χ2n) is 7.07. The van der Waals surface area contributed by atoms with Crippen LogP contribution < -0.4 is 21.7 Å². The van der Waals surface area contributed by atoms with Crippen LogP contribution in [0, 0.1) is 0 Å². The highest BCUT2D eigenvalue weighted by molar-refractivity contribution is 5.93. The van der Waals surface area contributed by atoms with Crippen molar-refractivity contribution in [1.29, 1.82) is 0 Å². The van der Waals surface area contributed by atoms with Crippen LogP contribution in [0.15, 0.2) is 0 Å². The third-order valence-electron chi connectivity index (χ3n) is 4.66. The molecule has 0 aliphatic carbocycles. The minimum Gasteiger partial charge on any atom is -0.480 e. The van der Waals surface area contributed by atoms with Gasteiger partial charge >= 0.3 is 5.97 Å². The molecule has 0 bridgehead atoms. The lowest BCUT2D eigenvalue weighted by Crippen LogP contribution is -2.53. The molecule has 0 saturated carbocycles. The number of likely N-dealkylation sites (tertiary alicyclic amines) is 1. The number of nitrogens with one attached hydrogen (secondary N) is 3. The number of hydrogen-bond donors (Lipinski definition) is 5. The van der Waals surface area contributed by atoms with Gasteiger partial charge in [0.05, 0.1) is 6.54 Å². The highest BCUT2D eigenvalue weighted by Gasteiger charge is 2.35. The standard InChI is InChI=1S/C18H31N5O6/c1-11(21-12(2)24)16(26)20-10-15(25)23-9-5-7-14(23)17(27)22-13(18(28)29)6-3-4-8-19/h11,13-14H,3-10,19H2,1-2H3,(H,20,26)(H,21,24)(H,22,27)(H,28,29)/t11-,13-,14-/m0/s1. The van der Waals surface area contributed by atoms with Crippen LogP contribution in [0.3, 0.4) is 0 Å². The van der Waals surface area contributed by atoms with E-state index in [1.807, 2.05) is 0 Å². The van der Waals surface area contributed by atoms with Crippen LogP contribution in [0.4, 0.5) is 0 Å². The summed E-state index contributed by atoms with van der Waals surface area (Å²) in [6.07, 6.45) is 2.51. The van der Waals surface area contributed by atoms with E-state index in [1.165, 1.54) is 18.7 Å². The molecule has 11 nitrogen and oxygen atoms in total. The van der Waals surface area contributed by atoms with Crippen molar-refractivity contribution in [1.82, 2.24) is 20.9 Å². The molecule has 0 radical (unpaired) electrons. The first-order chi connectivity index (χ1) is 13.7. The van der Waals surface area contributed by atoms with E-state index in [0.29, 0.717) is 38.8 Å². The van der Waals surface area contributed by atoms with Crippen molar-refractivity contribution in [2.24, 2.45) is 5.73 Å². The van der Waals surface area contributed by atoms with Crippen LogP contribution in [-0.4, -0.2) is 77.4 Å². The van der Waals surface area contributed by atoms with Crippen LogP contribution in [0.1, 0.15) is 46.0 Å². The first-order valence-electron chi connectivity index (χ1n) is 9.74. The van der Waals surface area contributed by atoms with Gasteiger partial charge in [0.15, 0.2) is 0 Å². The maximum Gasteiger partial charge on any atom is 0.326 e. The van der Waals surface area contributed by atoms with Gasteiger partial charge in [0, 0.05) is 13.5 Å². The number of hydrogen-bond acceptors (Lipinski definition) is 6. The number of nitrogens with zero attached hydrogens (tertiary/aromatic N) is 1. The monoisotopic (exact) mass is 413 g/mol. The molecule has 164 valence electrons. The van der Waals surface area contributed by atoms with Gasteiger partial charge in [0.2, 0.25) is 23.6 Å². The number of carbonyl (C=O) groups is 5. The fraction of sp³-hybridized carbons (Fsp3) is 0.722. The molecule has 1 aliphatic heterocycles. The molecule has 3 atom stereocenters. The average Bonchev–Trinajstić information content (AvgIpc) is 3.14. The van der Waals surface area contributed by atoms with E-state index in [9.17, 15) is 29.1 Å². The summed E-state index contributed by atoms with van der Waals surface area (Å²) in [6, 6.07) is -2.60. The molecule has 0 unspecified atom stereocenters. The van der Waals surface area contributed by atoms with Crippen molar-refractivity contribution in [3.63, 3.8) is 0 Å². The zero-order valence-corrected chi connectivity index (χ0v) is 16.9. The predicted octanol–water partition coefficient (Wildman–Crippen LogP) is -1.68. The van der Waals surface area contributed by atoms with Crippen molar-refractivity contribution >= 4 is 29.6 Å². The number of unbranched alkanes of at least 4 members (excludes halogenated alkanes) is 1.